The van der Waals surface area contributed by atoms with Crippen molar-refractivity contribution in [2.24, 2.45) is 0 Å². The van der Waals surface area contributed by atoms with E-state index >= 15 is 0 Å². The highest BCUT2D eigenvalue weighted by Gasteiger charge is 1.98. The van der Waals surface area contributed by atoms with Crippen LogP contribution in [0.25, 0.3) is 0 Å². The number of hydrogen-bond donors (Lipinski definition) is 1. The molecule has 60 valence electrons. The van der Waals surface area contributed by atoms with Gasteiger partial charge in [0, 0.05) is 7.11 Å². The molecule has 1 aromatic rings. The minimum Gasteiger partial charge on any atom is -0.377 e. The fourth-order valence-electron chi connectivity index (χ4n) is 0.753. The predicted molar refractivity (Wildman–Crippen MR) is 39.7 cm³/mol. The highest BCUT2D eigenvalue weighted by Crippen LogP contribution is 1.96. The summed E-state index contributed by atoms with van der Waals surface area (Å²) in [4.78, 5) is 11.7. The zero-order valence-corrected chi connectivity index (χ0v) is 6.53. The second-order valence-corrected chi connectivity index (χ2v) is 2.09. The molecule has 0 aliphatic heterocycles. The largest absolute Gasteiger partial charge is 0.377 e. The lowest BCUT2D eigenvalue weighted by molar-refractivity contribution is 0.177. The van der Waals surface area contributed by atoms with E-state index in [4.69, 9.17) is 10.5 Å². The molecule has 0 aliphatic rings. The molecular formula is C6H10N4O. The van der Waals surface area contributed by atoms with Crippen molar-refractivity contribution in [1.29, 1.82) is 0 Å². The number of nitrogen functional groups attached to an aromatic ring is 1. The van der Waals surface area contributed by atoms with Crippen LogP contribution in [0.4, 0.5) is 5.95 Å². The average Bonchev–Trinajstić information content (AvgIpc) is 1.85. The van der Waals surface area contributed by atoms with Crippen LogP contribution in [0.3, 0.4) is 0 Å². The molecule has 5 nitrogen and oxygen atoms in total. The molecule has 0 saturated carbocycles. The molecule has 11 heavy (non-hydrogen) atoms. The number of anilines is 1. The SMILES string of the molecule is COCc1nc(C)nc(N)n1. The van der Waals surface area contributed by atoms with E-state index in [9.17, 15) is 0 Å². The van der Waals surface area contributed by atoms with Crippen LogP contribution < -0.4 is 5.73 Å². The molecule has 1 rings (SSSR count). The molecule has 5 heteroatoms. The second-order valence-electron chi connectivity index (χ2n) is 2.09. The molecule has 0 saturated heterocycles. The van der Waals surface area contributed by atoms with Crippen molar-refractivity contribution >= 4 is 5.95 Å². The standard InChI is InChI=1S/C6H10N4O/c1-4-8-5(3-11-2)10-6(7)9-4/h3H2,1-2H3,(H2,7,8,9,10). The van der Waals surface area contributed by atoms with Gasteiger partial charge in [-0.05, 0) is 6.92 Å². The van der Waals surface area contributed by atoms with Crippen molar-refractivity contribution in [2.75, 3.05) is 12.8 Å². The fraction of sp³-hybridized carbons (Fsp3) is 0.500. The maximum Gasteiger partial charge on any atom is 0.223 e. The summed E-state index contributed by atoms with van der Waals surface area (Å²) in [7, 11) is 1.58. The Morgan fingerprint density at radius 1 is 1.36 bits per heavy atom. The van der Waals surface area contributed by atoms with Gasteiger partial charge in [-0.15, -0.1) is 0 Å². The van der Waals surface area contributed by atoms with E-state index in [1.54, 1.807) is 14.0 Å². The van der Waals surface area contributed by atoms with Crippen molar-refractivity contribution in [3.63, 3.8) is 0 Å². The van der Waals surface area contributed by atoms with Crippen LogP contribution >= 0.6 is 0 Å². The van der Waals surface area contributed by atoms with Gasteiger partial charge in [0.2, 0.25) is 5.95 Å². The van der Waals surface area contributed by atoms with E-state index in [0.717, 1.165) is 0 Å². The first-order valence-corrected chi connectivity index (χ1v) is 3.18. The Morgan fingerprint density at radius 3 is 2.64 bits per heavy atom. The summed E-state index contributed by atoms with van der Waals surface area (Å²) in [6, 6.07) is 0. The third-order valence-electron chi connectivity index (χ3n) is 1.08. The average molecular weight is 154 g/mol. The first kappa shape index (κ1) is 7.87. The second kappa shape index (κ2) is 3.25. The Labute approximate surface area is 64.6 Å². The molecule has 0 aliphatic carbocycles. The number of hydrogen-bond acceptors (Lipinski definition) is 5. The zero-order valence-electron chi connectivity index (χ0n) is 6.53. The van der Waals surface area contributed by atoms with Crippen LogP contribution in [-0.4, -0.2) is 22.1 Å². The van der Waals surface area contributed by atoms with Crippen LogP contribution in [0.5, 0.6) is 0 Å². The summed E-state index contributed by atoms with van der Waals surface area (Å²) in [5, 5.41) is 0. The van der Waals surface area contributed by atoms with Gasteiger partial charge in [0.15, 0.2) is 5.82 Å². The zero-order chi connectivity index (χ0) is 8.27. The van der Waals surface area contributed by atoms with Crippen LogP contribution in [-0.2, 0) is 11.3 Å². The molecule has 0 amide bonds. The minimum absolute atomic E-state index is 0.240. The molecule has 1 aromatic heterocycles. The molecule has 1 heterocycles. The lowest BCUT2D eigenvalue weighted by atomic mass is 10.6. The monoisotopic (exact) mass is 154 g/mol. The predicted octanol–water partition coefficient (Wildman–Crippen LogP) is -0.0914. The maximum absolute atomic E-state index is 5.37. The Morgan fingerprint density at radius 2 is 2.09 bits per heavy atom. The smallest absolute Gasteiger partial charge is 0.223 e. The summed E-state index contributed by atoms with van der Waals surface area (Å²) < 4.78 is 4.83. The van der Waals surface area contributed by atoms with Gasteiger partial charge in [0.25, 0.3) is 0 Å². The summed E-state index contributed by atoms with van der Waals surface area (Å²) in [6.45, 7) is 2.13. The Hall–Kier alpha value is -1.23. The van der Waals surface area contributed by atoms with Gasteiger partial charge in [0.1, 0.15) is 12.4 Å². The molecule has 0 atom stereocenters. The Bertz CT molecular complexity index is 230. The Kier molecular flexibility index (Phi) is 2.32. The molecule has 0 fully saturated rings. The topological polar surface area (TPSA) is 73.9 Å². The van der Waals surface area contributed by atoms with Gasteiger partial charge >= 0.3 is 0 Å². The van der Waals surface area contributed by atoms with Crippen molar-refractivity contribution in [2.45, 2.75) is 13.5 Å². The van der Waals surface area contributed by atoms with E-state index in [2.05, 4.69) is 15.0 Å². The van der Waals surface area contributed by atoms with E-state index in [0.29, 0.717) is 18.3 Å². The molecule has 0 spiro atoms. The van der Waals surface area contributed by atoms with Gasteiger partial charge in [0.05, 0.1) is 0 Å². The lowest BCUT2D eigenvalue weighted by Gasteiger charge is -1.99. The quantitative estimate of drug-likeness (QED) is 0.644. The number of aromatic nitrogens is 3. The van der Waals surface area contributed by atoms with Crippen LogP contribution in [0, 0.1) is 6.92 Å². The van der Waals surface area contributed by atoms with Crippen molar-refractivity contribution < 1.29 is 4.74 Å². The number of ether oxygens (including phenoxy) is 1. The normalized spacial score (nSPS) is 10.0. The van der Waals surface area contributed by atoms with Crippen LogP contribution in [0.15, 0.2) is 0 Å². The molecule has 2 N–H and O–H groups in total. The van der Waals surface area contributed by atoms with Crippen LogP contribution in [0.2, 0.25) is 0 Å². The minimum atomic E-state index is 0.240. The van der Waals surface area contributed by atoms with Crippen molar-refractivity contribution in [3.8, 4) is 0 Å². The first-order valence-electron chi connectivity index (χ1n) is 3.18. The van der Waals surface area contributed by atoms with Gasteiger partial charge < -0.3 is 10.5 Å². The number of nitrogens with two attached hydrogens (primary N) is 1. The fourth-order valence-corrected chi connectivity index (χ4v) is 0.753. The maximum atomic E-state index is 5.37. The highest BCUT2D eigenvalue weighted by atomic mass is 16.5. The summed E-state index contributed by atoms with van der Waals surface area (Å²) in [5.74, 6) is 1.42. The van der Waals surface area contributed by atoms with E-state index in [-0.39, 0.29) is 5.95 Å². The van der Waals surface area contributed by atoms with E-state index in [1.165, 1.54) is 0 Å². The number of rotatable bonds is 2. The molecule has 0 bridgehead atoms. The molecule has 0 aromatic carbocycles. The van der Waals surface area contributed by atoms with Crippen LogP contribution in [0.1, 0.15) is 11.6 Å². The third kappa shape index (κ3) is 2.12. The summed E-state index contributed by atoms with van der Waals surface area (Å²) >= 11 is 0. The summed E-state index contributed by atoms with van der Waals surface area (Å²) in [6.07, 6.45) is 0. The van der Waals surface area contributed by atoms with Gasteiger partial charge in [-0.3, -0.25) is 0 Å². The first-order chi connectivity index (χ1) is 5.22. The molecule has 0 radical (unpaired) electrons. The number of nitrogens with zero attached hydrogens (tertiary/aromatic N) is 3. The number of aryl methyl sites for hydroxylation is 1. The molecule has 0 unspecified atom stereocenters. The third-order valence-corrected chi connectivity index (χ3v) is 1.08. The van der Waals surface area contributed by atoms with E-state index < -0.39 is 0 Å². The lowest BCUT2D eigenvalue weighted by Crippen LogP contribution is -2.05. The van der Waals surface area contributed by atoms with Gasteiger partial charge in [-0.1, -0.05) is 0 Å². The summed E-state index contributed by atoms with van der Waals surface area (Å²) in [5.41, 5.74) is 5.37. The highest BCUT2D eigenvalue weighted by molar-refractivity contribution is 5.14. The Balaban J connectivity index is 2.89. The van der Waals surface area contributed by atoms with Crippen molar-refractivity contribution in [3.05, 3.63) is 11.6 Å². The van der Waals surface area contributed by atoms with Crippen molar-refractivity contribution in [1.82, 2.24) is 15.0 Å². The van der Waals surface area contributed by atoms with Gasteiger partial charge in [-0.25, -0.2) is 4.98 Å². The van der Waals surface area contributed by atoms with Gasteiger partial charge in [-0.2, -0.15) is 9.97 Å². The molecular weight excluding hydrogens is 144 g/mol. The van der Waals surface area contributed by atoms with E-state index in [1.807, 2.05) is 0 Å². The number of methoxy groups -OCH3 is 1.